The lowest BCUT2D eigenvalue weighted by molar-refractivity contribution is -0.118. The highest BCUT2D eigenvalue weighted by Crippen LogP contribution is 2.31. The molecule has 0 saturated heterocycles. The molecule has 4 rings (SSSR count). The number of benzene rings is 3. The summed E-state index contributed by atoms with van der Waals surface area (Å²) < 4.78 is 16.7. The molecule has 0 aliphatic carbocycles. The van der Waals surface area contributed by atoms with E-state index in [-0.39, 0.29) is 12.4 Å². The van der Waals surface area contributed by atoms with Crippen LogP contribution in [0.3, 0.4) is 0 Å². The average molecular weight is 430 g/mol. The smallest absolute Gasteiger partial charge is 0.293 e. The van der Waals surface area contributed by atoms with Gasteiger partial charge in [0.25, 0.3) is 11.8 Å². The minimum atomic E-state index is -0.482. The molecule has 162 valence electrons. The zero-order chi connectivity index (χ0) is 22.3. The summed E-state index contributed by atoms with van der Waals surface area (Å²) in [5, 5.41) is 6.17. The molecule has 2 N–H and O–H groups in total. The van der Waals surface area contributed by atoms with Gasteiger partial charge in [0.15, 0.2) is 6.61 Å². The first-order valence-electron chi connectivity index (χ1n) is 10.2. The van der Waals surface area contributed by atoms with E-state index < -0.39 is 11.8 Å². The summed E-state index contributed by atoms with van der Waals surface area (Å²) >= 11 is 0. The van der Waals surface area contributed by atoms with Crippen LogP contribution in [0, 0.1) is 0 Å². The molecular weight excluding hydrogens is 408 g/mol. The predicted octanol–water partition coefficient (Wildman–Crippen LogP) is 5.10. The van der Waals surface area contributed by atoms with Crippen LogP contribution in [0.2, 0.25) is 0 Å². The van der Waals surface area contributed by atoms with E-state index in [2.05, 4.69) is 10.6 Å². The van der Waals surface area contributed by atoms with Crippen LogP contribution in [0.4, 0.5) is 11.4 Å². The maximum absolute atomic E-state index is 13.0. The van der Waals surface area contributed by atoms with Gasteiger partial charge < -0.3 is 24.5 Å². The monoisotopic (exact) mass is 430 g/mol. The molecule has 3 aromatic carbocycles. The van der Waals surface area contributed by atoms with Crippen molar-refractivity contribution in [2.24, 2.45) is 0 Å². The summed E-state index contributed by atoms with van der Waals surface area (Å²) in [7, 11) is 0. The Labute approximate surface area is 184 Å². The normalized spacial score (nSPS) is 10.5. The third kappa shape index (κ3) is 4.89. The molecule has 0 aliphatic rings. The topological polar surface area (TPSA) is 89.8 Å². The fraction of sp³-hybridized carbons (Fsp3) is 0.120. The molecule has 1 aromatic heterocycles. The molecule has 2 amide bonds. The average Bonchev–Trinajstić information content (AvgIpc) is 3.18. The lowest BCUT2D eigenvalue weighted by Crippen LogP contribution is -2.22. The third-order valence-corrected chi connectivity index (χ3v) is 4.60. The van der Waals surface area contributed by atoms with Gasteiger partial charge in [-0.25, -0.2) is 0 Å². The summed E-state index contributed by atoms with van der Waals surface area (Å²) in [4.78, 5) is 25.5. The van der Waals surface area contributed by atoms with E-state index in [0.717, 1.165) is 0 Å². The van der Waals surface area contributed by atoms with Crippen LogP contribution in [0.25, 0.3) is 11.0 Å². The zero-order valence-electron chi connectivity index (χ0n) is 17.5. The highest BCUT2D eigenvalue weighted by Gasteiger charge is 2.22. The summed E-state index contributed by atoms with van der Waals surface area (Å²) in [6.45, 7) is 2.25. The Morgan fingerprint density at radius 3 is 2.25 bits per heavy atom. The number of fused-ring (bicyclic) bond motifs is 1. The second-order valence-corrected chi connectivity index (χ2v) is 6.86. The number of amides is 2. The van der Waals surface area contributed by atoms with Gasteiger partial charge in [0, 0.05) is 11.1 Å². The molecule has 0 bridgehead atoms. The van der Waals surface area contributed by atoms with Crippen molar-refractivity contribution >= 4 is 34.2 Å². The molecule has 0 atom stereocenters. The van der Waals surface area contributed by atoms with Crippen molar-refractivity contribution in [3.8, 4) is 11.5 Å². The SMILES string of the molecule is CCOc1ccc(NC(=O)c2oc3ccccc3c2NC(=O)COc2ccccc2)cc1. The lowest BCUT2D eigenvalue weighted by atomic mass is 10.2. The largest absolute Gasteiger partial charge is 0.494 e. The maximum atomic E-state index is 13.0. The number of nitrogens with one attached hydrogen (secondary N) is 2. The van der Waals surface area contributed by atoms with Crippen LogP contribution >= 0.6 is 0 Å². The number of hydrogen-bond acceptors (Lipinski definition) is 5. The van der Waals surface area contributed by atoms with Gasteiger partial charge in [-0.05, 0) is 55.5 Å². The van der Waals surface area contributed by atoms with Crippen LogP contribution < -0.4 is 20.1 Å². The number of carbonyl (C=O) groups is 2. The van der Waals surface area contributed by atoms with E-state index in [1.165, 1.54) is 0 Å². The van der Waals surface area contributed by atoms with Crippen LogP contribution in [0.15, 0.2) is 83.3 Å². The van der Waals surface area contributed by atoms with Gasteiger partial charge in [0.1, 0.15) is 22.8 Å². The fourth-order valence-electron chi connectivity index (χ4n) is 3.16. The molecule has 7 heteroatoms. The molecule has 0 saturated carbocycles. The first-order chi connectivity index (χ1) is 15.6. The molecule has 0 unspecified atom stereocenters. The standard InChI is InChI=1S/C25H22N2O5/c1-2-30-19-14-12-17(13-15-19)26-25(29)24-23(20-10-6-7-11-21(20)32-24)27-22(28)16-31-18-8-4-3-5-9-18/h3-15H,2,16H2,1H3,(H,26,29)(H,27,28). The number of furan rings is 1. The molecule has 1 heterocycles. The summed E-state index contributed by atoms with van der Waals surface area (Å²) in [6, 6.07) is 23.1. The lowest BCUT2D eigenvalue weighted by Gasteiger charge is -2.09. The Balaban J connectivity index is 1.52. The second kappa shape index (κ2) is 9.70. The molecule has 7 nitrogen and oxygen atoms in total. The molecular formula is C25H22N2O5. The third-order valence-electron chi connectivity index (χ3n) is 4.60. The van der Waals surface area contributed by atoms with Crippen molar-refractivity contribution < 1.29 is 23.5 Å². The number of hydrogen-bond donors (Lipinski definition) is 2. The summed E-state index contributed by atoms with van der Waals surface area (Å²) in [5.41, 5.74) is 1.36. The van der Waals surface area contributed by atoms with Gasteiger partial charge in [-0.3, -0.25) is 9.59 Å². The van der Waals surface area contributed by atoms with Crippen LogP contribution in [0.5, 0.6) is 11.5 Å². The minimum Gasteiger partial charge on any atom is -0.494 e. The Bertz CT molecular complexity index is 1220. The highest BCUT2D eigenvalue weighted by atomic mass is 16.5. The predicted molar refractivity (Wildman–Crippen MR) is 122 cm³/mol. The highest BCUT2D eigenvalue weighted by molar-refractivity contribution is 6.14. The molecule has 0 fully saturated rings. The van der Waals surface area contributed by atoms with Crippen LogP contribution in [-0.4, -0.2) is 25.0 Å². The molecule has 0 radical (unpaired) electrons. The van der Waals surface area contributed by atoms with E-state index in [9.17, 15) is 9.59 Å². The molecule has 32 heavy (non-hydrogen) atoms. The maximum Gasteiger partial charge on any atom is 0.293 e. The Morgan fingerprint density at radius 1 is 0.812 bits per heavy atom. The van der Waals surface area contributed by atoms with Crippen molar-refractivity contribution in [3.63, 3.8) is 0 Å². The van der Waals surface area contributed by atoms with E-state index in [0.29, 0.717) is 40.4 Å². The van der Waals surface area contributed by atoms with Crippen molar-refractivity contribution in [1.82, 2.24) is 0 Å². The van der Waals surface area contributed by atoms with Gasteiger partial charge in [0.2, 0.25) is 5.76 Å². The van der Waals surface area contributed by atoms with Crippen molar-refractivity contribution in [3.05, 3.63) is 84.6 Å². The zero-order valence-corrected chi connectivity index (χ0v) is 17.5. The van der Waals surface area contributed by atoms with E-state index >= 15 is 0 Å². The first-order valence-corrected chi connectivity index (χ1v) is 10.2. The van der Waals surface area contributed by atoms with E-state index in [1.807, 2.05) is 31.2 Å². The van der Waals surface area contributed by atoms with Crippen LogP contribution in [-0.2, 0) is 4.79 Å². The Morgan fingerprint density at radius 2 is 1.50 bits per heavy atom. The van der Waals surface area contributed by atoms with E-state index in [4.69, 9.17) is 13.9 Å². The van der Waals surface area contributed by atoms with Crippen molar-refractivity contribution in [2.75, 3.05) is 23.8 Å². The molecule has 0 aliphatic heterocycles. The second-order valence-electron chi connectivity index (χ2n) is 6.86. The van der Waals surface area contributed by atoms with Gasteiger partial charge >= 0.3 is 0 Å². The molecule has 4 aromatic rings. The fourth-order valence-corrected chi connectivity index (χ4v) is 3.16. The number of ether oxygens (including phenoxy) is 2. The number of rotatable bonds is 8. The summed E-state index contributed by atoms with van der Waals surface area (Å²) in [5.74, 6) is 0.405. The van der Waals surface area contributed by atoms with E-state index in [1.54, 1.807) is 54.6 Å². The van der Waals surface area contributed by atoms with Crippen LogP contribution in [0.1, 0.15) is 17.5 Å². The van der Waals surface area contributed by atoms with Gasteiger partial charge in [0.05, 0.1) is 6.61 Å². The summed E-state index contributed by atoms with van der Waals surface area (Å²) in [6.07, 6.45) is 0. The van der Waals surface area contributed by atoms with Crippen molar-refractivity contribution in [2.45, 2.75) is 6.92 Å². The van der Waals surface area contributed by atoms with Gasteiger partial charge in [-0.1, -0.05) is 30.3 Å². The number of para-hydroxylation sites is 2. The Kier molecular flexibility index (Phi) is 6.36. The first kappa shape index (κ1) is 21.0. The Hall–Kier alpha value is -4.26. The number of anilines is 2. The van der Waals surface area contributed by atoms with Crippen molar-refractivity contribution in [1.29, 1.82) is 0 Å². The minimum absolute atomic E-state index is 0.00754. The van der Waals surface area contributed by atoms with Gasteiger partial charge in [-0.2, -0.15) is 0 Å². The number of carbonyl (C=O) groups excluding carboxylic acids is 2. The quantitative estimate of drug-likeness (QED) is 0.406. The molecule has 0 spiro atoms. The van der Waals surface area contributed by atoms with Gasteiger partial charge in [-0.15, -0.1) is 0 Å².